The Labute approximate surface area is 116 Å². The predicted molar refractivity (Wildman–Crippen MR) is 70.7 cm³/mol. The third-order valence-electron chi connectivity index (χ3n) is 3.32. The van der Waals surface area contributed by atoms with Gasteiger partial charge in [0.15, 0.2) is 0 Å². The molecule has 2 atom stereocenters. The monoisotopic (exact) mass is 291 g/mol. The van der Waals surface area contributed by atoms with Crippen LogP contribution in [0.25, 0.3) is 0 Å². The summed E-state index contributed by atoms with van der Waals surface area (Å²) in [6.45, 7) is 1.94. The van der Waals surface area contributed by atoms with Crippen molar-refractivity contribution in [1.29, 1.82) is 0 Å². The van der Waals surface area contributed by atoms with Crippen molar-refractivity contribution >= 4 is 0 Å². The molecule has 0 aliphatic rings. The zero-order valence-electron chi connectivity index (χ0n) is 11.6. The number of aliphatic hydroxyl groups excluding tert-OH is 1. The Bertz CT molecular complexity index is 435. The van der Waals surface area contributed by atoms with E-state index in [0.29, 0.717) is 24.2 Å². The van der Waals surface area contributed by atoms with Gasteiger partial charge in [0.1, 0.15) is 5.75 Å². The van der Waals surface area contributed by atoms with Crippen molar-refractivity contribution in [2.75, 3.05) is 13.7 Å². The first-order chi connectivity index (χ1) is 9.33. The van der Waals surface area contributed by atoms with Crippen molar-refractivity contribution < 1.29 is 23.0 Å². The molecule has 0 spiro atoms. The summed E-state index contributed by atoms with van der Waals surface area (Å²) in [5.74, 6) is 0.167. The Hall–Kier alpha value is -1.27. The van der Waals surface area contributed by atoms with Crippen LogP contribution in [0.4, 0.5) is 13.2 Å². The fourth-order valence-electron chi connectivity index (χ4n) is 2.17. The molecule has 0 aromatic heterocycles. The average Bonchev–Trinajstić information content (AvgIpc) is 2.42. The molecular formula is C14H20F3NO2. The van der Waals surface area contributed by atoms with Gasteiger partial charge in [-0.05, 0) is 42.5 Å². The van der Waals surface area contributed by atoms with E-state index in [2.05, 4.69) is 0 Å². The number of methoxy groups -OCH3 is 1. The van der Waals surface area contributed by atoms with E-state index in [1.165, 1.54) is 13.2 Å². The van der Waals surface area contributed by atoms with Gasteiger partial charge in [-0.15, -0.1) is 0 Å². The van der Waals surface area contributed by atoms with E-state index in [9.17, 15) is 18.3 Å². The molecule has 1 rings (SSSR count). The van der Waals surface area contributed by atoms with Crippen LogP contribution in [0, 0.1) is 0 Å². The molecule has 3 N–H and O–H groups in total. The Kier molecular flexibility index (Phi) is 5.83. The minimum atomic E-state index is -4.40. The lowest BCUT2D eigenvalue weighted by Gasteiger charge is -2.22. The Morgan fingerprint density at radius 3 is 2.45 bits per heavy atom. The van der Waals surface area contributed by atoms with Crippen LogP contribution in [0.3, 0.4) is 0 Å². The normalized spacial score (nSPS) is 14.9. The maximum absolute atomic E-state index is 12.8. The first-order valence-corrected chi connectivity index (χ1v) is 6.46. The van der Waals surface area contributed by atoms with Gasteiger partial charge in [-0.1, -0.05) is 6.92 Å². The fraction of sp³-hybridized carbons (Fsp3) is 0.571. The number of aliphatic hydroxyl groups is 1. The smallest absolute Gasteiger partial charge is 0.416 e. The van der Waals surface area contributed by atoms with Gasteiger partial charge in [-0.3, -0.25) is 0 Å². The Morgan fingerprint density at radius 1 is 1.35 bits per heavy atom. The molecule has 0 aliphatic carbocycles. The highest BCUT2D eigenvalue weighted by Gasteiger charge is 2.32. The van der Waals surface area contributed by atoms with E-state index >= 15 is 0 Å². The lowest BCUT2D eigenvalue weighted by Crippen LogP contribution is -2.22. The highest BCUT2D eigenvalue weighted by Crippen LogP contribution is 2.37. The van der Waals surface area contributed by atoms with Gasteiger partial charge in [0, 0.05) is 6.54 Å². The summed E-state index contributed by atoms with van der Waals surface area (Å²) >= 11 is 0. The average molecular weight is 291 g/mol. The van der Waals surface area contributed by atoms with Crippen LogP contribution in [0.1, 0.15) is 36.8 Å². The number of alkyl halides is 3. The van der Waals surface area contributed by atoms with Crippen LogP contribution in [-0.2, 0) is 6.18 Å². The zero-order chi connectivity index (χ0) is 15.3. The van der Waals surface area contributed by atoms with E-state index in [0.717, 1.165) is 12.1 Å². The molecule has 0 aliphatic heterocycles. The standard InChI is InChI=1S/C14H20F3NO2/c1-3-9(6-11(19)8-18)12-7-10(14(15,16)17)4-5-13(12)20-2/h4-5,7,9,11,19H,3,6,8,18H2,1-2H3. The quantitative estimate of drug-likeness (QED) is 0.847. The molecule has 3 nitrogen and oxygen atoms in total. The number of rotatable bonds is 6. The van der Waals surface area contributed by atoms with Crippen molar-refractivity contribution in [3.05, 3.63) is 29.3 Å². The van der Waals surface area contributed by atoms with E-state index < -0.39 is 17.8 Å². The highest BCUT2D eigenvalue weighted by atomic mass is 19.4. The minimum Gasteiger partial charge on any atom is -0.496 e. The summed E-state index contributed by atoms with van der Waals surface area (Å²) in [5, 5.41) is 9.63. The minimum absolute atomic E-state index is 0.0811. The largest absolute Gasteiger partial charge is 0.496 e. The van der Waals surface area contributed by atoms with Crippen LogP contribution in [-0.4, -0.2) is 24.9 Å². The number of hydrogen-bond acceptors (Lipinski definition) is 3. The number of ether oxygens (including phenoxy) is 1. The second-order valence-corrected chi connectivity index (χ2v) is 4.68. The van der Waals surface area contributed by atoms with Crippen LogP contribution in [0.2, 0.25) is 0 Å². The number of benzene rings is 1. The van der Waals surface area contributed by atoms with Gasteiger partial charge in [0.2, 0.25) is 0 Å². The molecule has 0 saturated heterocycles. The maximum Gasteiger partial charge on any atom is 0.416 e. The van der Waals surface area contributed by atoms with Crippen LogP contribution in [0.15, 0.2) is 18.2 Å². The van der Waals surface area contributed by atoms with E-state index in [4.69, 9.17) is 10.5 Å². The molecule has 0 fully saturated rings. The molecule has 0 amide bonds. The van der Waals surface area contributed by atoms with E-state index in [-0.39, 0.29) is 12.5 Å². The molecule has 2 unspecified atom stereocenters. The van der Waals surface area contributed by atoms with Crippen molar-refractivity contribution in [1.82, 2.24) is 0 Å². The number of halogens is 3. The molecule has 1 aromatic carbocycles. The lowest BCUT2D eigenvalue weighted by atomic mass is 9.89. The third kappa shape index (κ3) is 4.11. The Morgan fingerprint density at radius 2 is 2.00 bits per heavy atom. The summed E-state index contributed by atoms with van der Waals surface area (Å²) in [5.41, 5.74) is 5.10. The SMILES string of the molecule is CCC(CC(O)CN)c1cc(C(F)(F)F)ccc1OC. The number of hydrogen-bond donors (Lipinski definition) is 2. The Balaban J connectivity index is 3.17. The molecule has 0 bridgehead atoms. The summed E-state index contributed by atoms with van der Waals surface area (Å²) in [4.78, 5) is 0. The molecular weight excluding hydrogens is 271 g/mol. The molecule has 6 heteroatoms. The molecule has 0 saturated carbocycles. The summed E-state index contributed by atoms with van der Waals surface area (Å²) < 4.78 is 43.5. The third-order valence-corrected chi connectivity index (χ3v) is 3.32. The molecule has 114 valence electrons. The zero-order valence-corrected chi connectivity index (χ0v) is 11.6. The van der Waals surface area contributed by atoms with E-state index in [1.807, 2.05) is 6.92 Å². The van der Waals surface area contributed by atoms with Gasteiger partial charge < -0.3 is 15.6 Å². The highest BCUT2D eigenvalue weighted by molar-refractivity contribution is 5.40. The van der Waals surface area contributed by atoms with Gasteiger partial charge in [0.05, 0.1) is 18.8 Å². The maximum atomic E-state index is 12.8. The lowest BCUT2D eigenvalue weighted by molar-refractivity contribution is -0.137. The summed E-state index contributed by atoms with van der Waals surface area (Å²) in [6, 6.07) is 3.40. The van der Waals surface area contributed by atoms with Gasteiger partial charge in [0.25, 0.3) is 0 Å². The van der Waals surface area contributed by atoms with Crippen LogP contribution >= 0.6 is 0 Å². The van der Waals surface area contributed by atoms with Gasteiger partial charge in [-0.25, -0.2) is 0 Å². The molecule has 1 aromatic rings. The summed E-state index contributed by atoms with van der Waals surface area (Å²) in [7, 11) is 1.41. The van der Waals surface area contributed by atoms with E-state index in [1.54, 1.807) is 0 Å². The van der Waals surface area contributed by atoms with Crippen molar-refractivity contribution in [3.8, 4) is 5.75 Å². The van der Waals surface area contributed by atoms with Crippen molar-refractivity contribution in [2.24, 2.45) is 5.73 Å². The second-order valence-electron chi connectivity index (χ2n) is 4.68. The second kappa shape index (κ2) is 6.95. The predicted octanol–water partition coefficient (Wildman–Crippen LogP) is 2.92. The van der Waals surface area contributed by atoms with Gasteiger partial charge >= 0.3 is 6.18 Å². The van der Waals surface area contributed by atoms with Crippen LogP contribution in [0.5, 0.6) is 5.75 Å². The topological polar surface area (TPSA) is 55.5 Å². The van der Waals surface area contributed by atoms with Crippen LogP contribution < -0.4 is 10.5 Å². The number of nitrogens with two attached hydrogens (primary N) is 1. The first kappa shape index (κ1) is 16.8. The molecule has 0 heterocycles. The molecule has 20 heavy (non-hydrogen) atoms. The molecule has 0 radical (unpaired) electrons. The van der Waals surface area contributed by atoms with Crippen molar-refractivity contribution in [3.63, 3.8) is 0 Å². The first-order valence-electron chi connectivity index (χ1n) is 6.46. The van der Waals surface area contributed by atoms with Gasteiger partial charge in [-0.2, -0.15) is 13.2 Å². The summed E-state index contributed by atoms with van der Waals surface area (Å²) in [6.07, 6.45) is -4.23. The fourth-order valence-corrected chi connectivity index (χ4v) is 2.17. The van der Waals surface area contributed by atoms with Crippen molar-refractivity contribution in [2.45, 2.75) is 38.0 Å².